The van der Waals surface area contributed by atoms with Crippen molar-refractivity contribution < 1.29 is 23.4 Å². The quantitative estimate of drug-likeness (QED) is 0.301. The summed E-state index contributed by atoms with van der Waals surface area (Å²) < 4.78 is 39.2. The lowest BCUT2D eigenvalue weighted by molar-refractivity contribution is -0.115. The summed E-state index contributed by atoms with van der Waals surface area (Å²) in [5, 5.41) is 31.0. The molecule has 0 aliphatic heterocycles. The topological polar surface area (TPSA) is 115 Å². The summed E-state index contributed by atoms with van der Waals surface area (Å²) in [6.07, 6.45) is -4.73. The van der Waals surface area contributed by atoms with E-state index in [-0.39, 0.29) is 24.1 Å². The van der Waals surface area contributed by atoms with Crippen LogP contribution in [0.25, 0.3) is 20.8 Å². The molecule has 3 aromatic rings. The molecular weight excluding hydrogens is 469 g/mol. The molecule has 1 saturated carbocycles. The number of rotatable bonds is 8. The lowest BCUT2D eigenvalue weighted by Crippen LogP contribution is -2.49. The van der Waals surface area contributed by atoms with Gasteiger partial charge in [-0.3, -0.25) is 0 Å². The molecule has 184 valence electrons. The zero-order valence-electron chi connectivity index (χ0n) is 18.8. The second kappa shape index (κ2) is 9.61. The summed E-state index contributed by atoms with van der Waals surface area (Å²) in [5.74, 6) is -0.307. The van der Waals surface area contributed by atoms with Crippen molar-refractivity contribution in [1.29, 1.82) is 0 Å². The summed E-state index contributed by atoms with van der Waals surface area (Å²) in [6, 6.07) is 7.52. The molecule has 34 heavy (non-hydrogen) atoms. The van der Waals surface area contributed by atoms with Crippen LogP contribution in [0.3, 0.4) is 0 Å². The normalized spacial score (nSPS) is 22.9. The van der Waals surface area contributed by atoms with Crippen molar-refractivity contribution in [2.75, 3.05) is 30.3 Å². The predicted molar refractivity (Wildman–Crippen MR) is 126 cm³/mol. The summed E-state index contributed by atoms with van der Waals surface area (Å²) in [5.41, 5.74) is -0.0818. The number of para-hydroxylation sites is 1. The van der Waals surface area contributed by atoms with Crippen LogP contribution < -0.4 is 16.0 Å². The van der Waals surface area contributed by atoms with Gasteiger partial charge in [0, 0.05) is 12.5 Å². The lowest BCUT2D eigenvalue weighted by Gasteiger charge is -2.31. The smallest absolute Gasteiger partial charge is 0.388 e. The van der Waals surface area contributed by atoms with E-state index in [1.165, 1.54) is 11.3 Å². The molecule has 2 heterocycles. The fraction of sp³-hybridized carbons (Fsp3) is 0.500. The van der Waals surface area contributed by atoms with E-state index in [0.717, 1.165) is 16.8 Å². The van der Waals surface area contributed by atoms with Crippen molar-refractivity contribution in [3.8, 4) is 10.6 Å². The lowest BCUT2D eigenvalue weighted by atomic mass is 10.0. The summed E-state index contributed by atoms with van der Waals surface area (Å²) >= 11 is 1.39. The fourth-order valence-electron chi connectivity index (χ4n) is 4.14. The maximum Gasteiger partial charge on any atom is 0.405 e. The van der Waals surface area contributed by atoms with Crippen LogP contribution in [-0.2, 0) is 0 Å². The minimum atomic E-state index is -4.45. The van der Waals surface area contributed by atoms with Crippen LogP contribution in [0.2, 0.25) is 0 Å². The zero-order valence-corrected chi connectivity index (χ0v) is 19.6. The number of nitrogens with zero attached hydrogens (tertiary/aromatic N) is 3. The standard InChI is InChI=1S/C22H27F3N6O2S/c1-3-26-10-13-8-9-21(33,17(13)32)31-18-16(19-29-14-6-4-5-7-15(14)34-19)12(2)28-20(30-18)27-11-22(23,24)25/h4-7,13,17,26,32-33H,3,8-11H2,1-2H3,(H2,27,28,30,31). The van der Waals surface area contributed by atoms with Gasteiger partial charge >= 0.3 is 6.18 Å². The highest BCUT2D eigenvalue weighted by Gasteiger charge is 2.47. The SMILES string of the molecule is CCNCC1CCC(O)(Nc2nc(NCC(F)(F)F)nc(C)c2-c2nc3ccccc3s2)C1O. The first kappa shape index (κ1) is 24.6. The molecule has 3 unspecified atom stereocenters. The molecular formula is C22H27F3N6O2S. The van der Waals surface area contributed by atoms with Gasteiger partial charge in [-0.15, -0.1) is 11.3 Å². The minimum Gasteiger partial charge on any atom is -0.388 e. The zero-order chi connectivity index (χ0) is 24.5. The molecule has 5 N–H and O–H groups in total. The first-order valence-corrected chi connectivity index (χ1v) is 11.9. The number of aromatic nitrogens is 3. The van der Waals surface area contributed by atoms with Gasteiger partial charge in [-0.1, -0.05) is 19.1 Å². The molecule has 0 bridgehead atoms. The van der Waals surface area contributed by atoms with Crippen molar-refractivity contribution >= 4 is 33.3 Å². The number of aliphatic hydroxyl groups excluding tert-OH is 1. The van der Waals surface area contributed by atoms with Crippen LogP contribution in [0.1, 0.15) is 25.5 Å². The highest BCUT2D eigenvalue weighted by atomic mass is 32.1. The Morgan fingerprint density at radius 1 is 1.21 bits per heavy atom. The van der Waals surface area contributed by atoms with E-state index < -0.39 is 24.6 Å². The van der Waals surface area contributed by atoms with Crippen molar-refractivity contribution in [3.63, 3.8) is 0 Å². The number of alkyl halides is 3. The number of benzene rings is 1. The van der Waals surface area contributed by atoms with Gasteiger partial charge in [-0.05, 0) is 38.4 Å². The molecule has 12 heteroatoms. The third kappa shape index (κ3) is 5.24. The Balaban J connectivity index is 1.72. The van der Waals surface area contributed by atoms with Crippen molar-refractivity contribution in [1.82, 2.24) is 20.3 Å². The van der Waals surface area contributed by atoms with E-state index in [4.69, 9.17) is 0 Å². The Kier molecular flexibility index (Phi) is 6.94. The maximum atomic E-state index is 12.8. The summed E-state index contributed by atoms with van der Waals surface area (Å²) in [7, 11) is 0. The second-order valence-corrected chi connectivity index (χ2v) is 9.44. The van der Waals surface area contributed by atoms with Gasteiger partial charge in [0.1, 0.15) is 23.5 Å². The first-order chi connectivity index (χ1) is 16.1. The molecule has 1 aliphatic rings. The number of fused-ring (bicyclic) bond motifs is 1. The fourth-order valence-corrected chi connectivity index (χ4v) is 5.21. The van der Waals surface area contributed by atoms with Gasteiger partial charge in [0.15, 0.2) is 5.72 Å². The molecule has 0 radical (unpaired) electrons. The molecule has 0 amide bonds. The van der Waals surface area contributed by atoms with Gasteiger partial charge in [-0.25, -0.2) is 9.97 Å². The highest BCUT2D eigenvalue weighted by Crippen LogP contribution is 2.40. The van der Waals surface area contributed by atoms with Crippen LogP contribution in [-0.4, -0.2) is 62.8 Å². The van der Waals surface area contributed by atoms with E-state index in [9.17, 15) is 23.4 Å². The summed E-state index contributed by atoms with van der Waals surface area (Å²) in [6.45, 7) is 3.57. The number of halogens is 3. The number of hydrogen-bond acceptors (Lipinski definition) is 9. The number of thiazole rings is 1. The number of nitrogens with one attached hydrogen (secondary N) is 3. The predicted octanol–water partition coefficient (Wildman–Crippen LogP) is 3.52. The number of anilines is 2. The van der Waals surface area contributed by atoms with Gasteiger partial charge in [0.25, 0.3) is 0 Å². The average Bonchev–Trinajstić information content (AvgIpc) is 3.31. The Morgan fingerprint density at radius 3 is 2.68 bits per heavy atom. The molecule has 4 rings (SSSR count). The Morgan fingerprint density at radius 2 is 1.97 bits per heavy atom. The van der Waals surface area contributed by atoms with Gasteiger partial charge < -0.3 is 26.2 Å². The summed E-state index contributed by atoms with van der Waals surface area (Å²) in [4.78, 5) is 13.1. The monoisotopic (exact) mass is 496 g/mol. The number of hydrogen-bond donors (Lipinski definition) is 5. The third-order valence-corrected chi connectivity index (χ3v) is 6.92. The Hall–Kier alpha value is -2.54. The van der Waals surface area contributed by atoms with E-state index in [0.29, 0.717) is 29.2 Å². The average molecular weight is 497 g/mol. The van der Waals surface area contributed by atoms with Crippen molar-refractivity contribution in [3.05, 3.63) is 30.0 Å². The van der Waals surface area contributed by atoms with Crippen molar-refractivity contribution in [2.24, 2.45) is 5.92 Å². The Labute approximate surface area is 198 Å². The Bertz CT molecular complexity index is 1120. The van der Waals surface area contributed by atoms with Gasteiger partial charge in [0.2, 0.25) is 5.95 Å². The first-order valence-electron chi connectivity index (χ1n) is 11.0. The van der Waals surface area contributed by atoms with Crippen LogP contribution >= 0.6 is 11.3 Å². The molecule has 0 saturated heterocycles. The molecule has 0 spiro atoms. The minimum absolute atomic E-state index is 0.113. The maximum absolute atomic E-state index is 12.8. The van der Waals surface area contributed by atoms with Gasteiger partial charge in [0.05, 0.1) is 21.5 Å². The molecule has 1 aliphatic carbocycles. The van der Waals surface area contributed by atoms with Crippen LogP contribution in [0, 0.1) is 12.8 Å². The van der Waals surface area contributed by atoms with E-state index in [1.807, 2.05) is 31.2 Å². The molecule has 3 atom stereocenters. The molecule has 2 aromatic heterocycles. The van der Waals surface area contributed by atoms with E-state index in [1.54, 1.807) is 6.92 Å². The van der Waals surface area contributed by atoms with Gasteiger partial charge in [-0.2, -0.15) is 18.2 Å². The van der Waals surface area contributed by atoms with E-state index in [2.05, 4.69) is 30.9 Å². The molecule has 8 nitrogen and oxygen atoms in total. The second-order valence-electron chi connectivity index (χ2n) is 8.41. The third-order valence-electron chi connectivity index (χ3n) is 5.87. The largest absolute Gasteiger partial charge is 0.405 e. The van der Waals surface area contributed by atoms with Crippen LogP contribution in [0.4, 0.5) is 24.9 Å². The van der Waals surface area contributed by atoms with Crippen LogP contribution in [0.5, 0.6) is 0 Å². The van der Waals surface area contributed by atoms with E-state index >= 15 is 0 Å². The number of aryl methyl sites for hydroxylation is 1. The van der Waals surface area contributed by atoms with Crippen molar-refractivity contribution in [2.45, 2.75) is 44.7 Å². The van der Waals surface area contributed by atoms with Crippen LogP contribution in [0.15, 0.2) is 24.3 Å². The molecule has 1 aromatic carbocycles. The molecule has 1 fully saturated rings. The highest BCUT2D eigenvalue weighted by molar-refractivity contribution is 7.21. The number of aliphatic hydroxyl groups is 2.